The maximum absolute atomic E-state index is 10.5. The molecule has 0 aliphatic rings. The van der Waals surface area contributed by atoms with E-state index in [0.29, 0.717) is 5.69 Å². The largest absolute Gasteiger partial charge is 0.480 e. The summed E-state index contributed by atoms with van der Waals surface area (Å²) in [6, 6.07) is 7.39. The highest BCUT2D eigenvalue weighted by Gasteiger charge is 2.06. The Kier molecular flexibility index (Phi) is 2.59. The summed E-state index contributed by atoms with van der Waals surface area (Å²) in [5.41, 5.74) is 8.14. The summed E-state index contributed by atoms with van der Waals surface area (Å²) >= 11 is 0. The molecule has 0 saturated heterocycles. The first-order valence-corrected chi connectivity index (χ1v) is 4.76. The Morgan fingerprint density at radius 3 is 2.88 bits per heavy atom. The Bertz CT molecular complexity index is 519. The molecule has 0 aliphatic carbocycles. The third-order valence-electron chi connectivity index (χ3n) is 2.20. The van der Waals surface area contributed by atoms with E-state index in [-0.39, 0.29) is 6.54 Å². The van der Waals surface area contributed by atoms with Gasteiger partial charge in [-0.3, -0.25) is 9.48 Å². The van der Waals surface area contributed by atoms with Gasteiger partial charge in [0.25, 0.3) is 0 Å². The topological polar surface area (TPSA) is 81.1 Å². The van der Waals surface area contributed by atoms with E-state index in [9.17, 15) is 4.79 Å². The molecule has 0 fully saturated rings. The van der Waals surface area contributed by atoms with Crippen LogP contribution in [0.4, 0.5) is 5.69 Å². The van der Waals surface area contributed by atoms with Gasteiger partial charge in [0.1, 0.15) is 6.54 Å². The smallest absolute Gasteiger partial charge is 0.325 e. The molecule has 3 N–H and O–H groups in total. The zero-order valence-corrected chi connectivity index (χ0v) is 8.50. The van der Waals surface area contributed by atoms with Crippen LogP contribution in [0.2, 0.25) is 0 Å². The number of nitrogens with two attached hydrogens (primary N) is 1. The second-order valence-electron chi connectivity index (χ2n) is 3.41. The Balaban J connectivity index is 2.32. The number of benzene rings is 1. The molecule has 5 heteroatoms. The summed E-state index contributed by atoms with van der Waals surface area (Å²) in [5.74, 6) is -0.921. The van der Waals surface area contributed by atoms with Gasteiger partial charge >= 0.3 is 5.97 Å². The number of aromatic nitrogens is 2. The molecule has 0 unspecified atom stereocenters. The molecule has 1 aromatic carbocycles. The van der Waals surface area contributed by atoms with E-state index in [1.807, 2.05) is 18.2 Å². The summed E-state index contributed by atoms with van der Waals surface area (Å²) in [6.45, 7) is -0.146. The van der Waals surface area contributed by atoms with Gasteiger partial charge < -0.3 is 10.8 Å². The van der Waals surface area contributed by atoms with Gasteiger partial charge in [0, 0.05) is 23.0 Å². The van der Waals surface area contributed by atoms with Crippen LogP contribution in [-0.2, 0) is 11.3 Å². The van der Waals surface area contributed by atoms with Gasteiger partial charge in [-0.05, 0) is 6.07 Å². The molecule has 0 amide bonds. The first-order valence-electron chi connectivity index (χ1n) is 4.76. The number of para-hydroxylation sites is 1. The van der Waals surface area contributed by atoms with Crippen LogP contribution in [0, 0.1) is 0 Å². The average Bonchev–Trinajstić information content (AvgIpc) is 2.66. The van der Waals surface area contributed by atoms with Gasteiger partial charge in [0.2, 0.25) is 0 Å². The first-order chi connectivity index (χ1) is 7.66. The molecule has 1 heterocycles. The number of carboxylic acids is 1. The number of carboxylic acid groups (broad SMARTS) is 1. The van der Waals surface area contributed by atoms with Crippen molar-refractivity contribution in [1.82, 2.24) is 9.78 Å². The quantitative estimate of drug-likeness (QED) is 0.757. The molecule has 0 spiro atoms. The van der Waals surface area contributed by atoms with Crippen LogP contribution < -0.4 is 5.73 Å². The van der Waals surface area contributed by atoms with E-state index in [4.69, 9.17) is 10.8 Å². The van der Waals surface area contributed by atoms with Crippen molar-refractivity contribution < 1.29 is 9.90 Å². The second-order valence-corrected chi connectivity index (χ2v) is 3.41. The van der Waals surface area contributed by atoms with E-state index in [1.54, 1.807) is 18.5 Å². The van der Waals surface area contributed by atoms with Gasteiger partial charge in [0.05, 0.1) is 6.20 Å². The number of rotatable bonds is 3. The zero-order chi connectivity index (χ0) is 11.5. The van der Waals surface area contributed by atoms with Gasteiger partial charge in [-0.2, -0.15) is 5.10 Å². The van der Waals surface area contributed by atoms with Gasteiger partial charge in [0.15, 0.2) is 0 Å². The van der Waals surface area contributed by atoms with E-state index in [1.165, 1.54) is 4.68 Å². The van der Waals surface area contributed by atoms with Crippen molar-refractivity contribution in [2.24, 2.45) is 0 Å². The number of hydrogen-bond acceptors (Lipinski definition) is 3. The van der Waals surface area contributed by atoms with Crippen LogP contribution in [0.15, 0.2) is 36.7 Å². The first kappa shape index (κ1) is 10.2. The van der Waals surface area contributed by atoms with Crippen LogP contribution >= 0.6 is 0 Å². The number of hydrogen-bond donors (Lipinski definition) is 2. The van der Waals surface area contributed by atoms with E-state index in [2.05, 4.69) is 5.10 Å². The molecule has 0 radical (unpaired) electrons. The molecular weight excluding hydrogens is 206 g/mol. The predicted molar refractivity (Wildman–Crippen MR) is 59.7 cm³/mol. The molecule has 82 valence electrons. The Morgan fingerprint density at radius 2 is 2.19 bits per heavy atom. The predicted octanol–water partition coefficient (Wildman–Crippen LogP) is 1.22. The molecular formula is C11H11N3O2. The minimum atomic E-state index is -0.921. The summed E-state index contributed by atoms with van der Waals surface area (Å²) in [4.78, 5) is 10.5. The fourth-order valence-corrected chi connectivity index (χ4v) is 1.49. The van der Waals surface area contributed by atoms with Crippen LogP contribution in [0.1, 0.15) is 0 Å². The Morgan fingerprint density at radius 1 is 1.44 bits per heavy atom. The van der Waals surface area contributed by atoms with E-state index >= 15 is 0 Å². The second kappa shape index (κ2) is 4.06. The summed E-state index contributed by atoms with van der Waals surface area (Å²) < 4.78 is 1.37. The monoisotopic (exact) mass is 217 g/mol. The van der Waals surface area contributed by atoms with Crippen molar-refractivity contribution in [2.45, 2.75) is 6.54 Å². The molecule has 0 aliphatic heterocycles. The summed E-state index contributed by atoms with van der Waals surface area (Å²) in [6.07, 6.45) is 3.27. The van der Waals surface area contributed by atoms with Crippen molar-refractivity contribution in [3.8, 4) is 11.1 Å². The van der Waals surface area contributed by atoms with Crippen molar-refractivity contribution in [1.29, 1.82) is 0 Å². The van der Waals surface area contributed by atoms with Crippen LogP contribution in [0.3, 0.4) is 0 Å². The molecule has 2 aromatic rings. The number of anilines is 1. The van der Waals surface area contributed by atoms with Gasteiger partial charge in [-0.1, -0.05) is 18.2 Å². The number of nitrogen functional groups attached to an aromatic ring is 1. The zero-order valence-electron chi connectivity index (χ0n) is 8.50. The van der Waals surface area contributed by atoms with Gasteiger partial charge in [-0.25, -0.2) is 0 Å². The molecule has 2 rings (SSSR count). The lowest BCUT2D eigenvalue weighted by molar-refractivity contribution is -0.137. The minimum absolute atomic E-state index is 0.146. The average molecular weight is 217 g/mol. The van der Waals surface area contributed by atoms with Crippen LogP contribution in [-0.4, -0.2) is 20.9 Å². The number of carbonyl (C=O) groups is 1. The third-order valence-corrected chi connectivity index (χ3v) is 2.20. The molecule has 5 nitrogen and oxygen atoms in total. The highest BCUT2D eigenvalue weighted by atomic mass is 16.4. The third kappa shape index (κ3) is 2.03. The van der Waals surface area contributed by atoms with Crippen molar-refractivity contribution in [3.63, 3.8) is 0 Å². The molecule has 1 aromatic heterocycles. The maximum Gasteiger partial charge on any atom is 0.325 e. The highest BCUT2D eigenvalue weighted by molar-refractivity contribution is 5.75. The summed E-state index contributed by atoms with van der Waals surface area (Å²) in [7, 11) is 0. The van der Waals surface area contributed by atoms with E-state index < -0.39 is 5.97 Å². The Labute approximate surface area is 92.1 Å². The molecule has 0 atom stereocenters. The van der Waals surface area contributed by atoms with Crippen LogP contribution in [0.25, 0.3) is 11.1 Å². The van der Waals surface area contributed by atoms with Crippen molar-refractivity contribution in [3.05, 3.63) is 36.7 Å². The lowest BCUT2D eigenvalue weighted by Gasteiger charge is -2.00. The fourth-order valence-electron chi connectivity index (χ4n) is 1.49. The SMILES string of the molecule is Nc1ccccc1-c1cnn(CC(=O)O)c1. The molecule has 16 heavy (non-hydrogen) atoms. The van der Waals surface area contributed by atoms with Crippen LogP contribution in [0.5, 0.6) is 0 Å². The fraction of sp³-hybridized carbons (Fsp3) is 0.0909. The number of aliphatic carboxylic acids is 1. The standard InChI is InChI=1S/C11H11N3O2/c12-10-4-2-1-3-9(10)8-5-13-14(6-8)7-11(15)16/h1-6H,7,12H2,(H,15,16). The maximum atomic E-state index is 10.5. The molecule has 0 bridgehead atoms. The lowest BCUT2D eigenvalue weighted by Crippen LogP contribution is -2.08. The van der Waals surface area contributed by atoms with Gasteiger partial charge in [-0.15, -0.1) is 0 Å². The number of nitrogens with zero attached hydrogens (tertiary/aromatic N) is 2. The lowest BCUT2D eigenvalue weighted by atomic mass is 10.1. The van der Waals surface area contributed by atoms with Crippen molar-refractivity contribution >= 4 is 11.7 Å². The van der Waals surface area contributed by atoms with Crippen molar-refractivity contribution in [2.75, 3.05) is 5.73 Å². The molecule has 0 saturated carbocycles. The van der Waals surface area contributed by atoms with E-state index in [0.717, 1.165) is 11.1 Å². The minimum Gasteiger partial charge on any atom is -0.480 e. The Hall–Kier alpha value is -2.30. The summed E-state index contributed by atoms with van der Waals surface area (Å²) in [5, 5.41) is 12.6. The highest BCUT2D eigenvalue weighted by Crippen LogP contribution is 2.24. The normalized spacial score (nSPS) is 10.2.